The van der Waals surface area contributed by atoms with Gasteiger partial charge < -0.3 is 0 Å². The Bertz CT molecular complexity index is 530. The SMILES string of the molecule is CCn1nccc1C(NN)c1ccc(C)cc1C. The molecule has 4 nitrogen and oxygen atoms in total. The van der Waals surface area contributed by atoms with E-state index < -0.39 is 0 Å². The zero-order valence-electron chi connectivity index (χ0n) is 11.1. The summed E-state index contributed by atoms with van der Waals surface area (Å²) in [6.45, 7) is 7.12. The molecule has 1 aromatic carbocycles. The molecule has 0 saturated heterocycles. The van der Waals surface area contributed by atoms with Crippen LogP contribution < -0.4 is 11.3 Å². The predicted molar refractivity (Wildman–Crippen MR) is 73.0 cm³/mol. The Morgan fingerprint density at radius 3 is 2.72 bits per heavy atom. The lowest BCUT2D eigenvalue weighted by Gasteiger charge is -2.20. The van der Waals surface area contributed by atoms with E-state index in [0.717, 1.165) is 12.2 Å². The first-order valence-electron chi connectivity index (χ1n) is 6.22. The molecule has 0 amide bonds. The summed E-state index contributed by atoms with van der Waals surface area (Å²) in [4.78, 5) is 0. The number of hydrogen-bond donors (Lipinski definition) is 2. The average Bonchev–Trinajstić information content (AvgIpc) is 2.81. The van der Waals surface area contributed by atoms with Crippen LogP contribution in [0, 0.1) is 13.8 Å². The van der Waals surface area contributed by atoms with Crippen LogP contribution in [-0.2, 0) is 6.54 Å². The third kappa shape index (κ3) is 2.30. The highest BCUT2D eigenvalue weighted by molar-refractivity contribution is 5.36. The fraction of sp³-hybridized carbons (Fsp3) is 0.357. The largest absolute Gasteiger partial charge is 0.271 e. The van der Waals surface area contributed by atoms with Crippen LogP contribution in [0.15, 0.2) is 30.5 Å². The van der Waals surface area contributed by atoms with Crippen molar-refractivity contribution < 1.29 is 0 Å². The molecule has 1 heterocycles. The molecule has 0 bridgehead atoms. The highest BCUT2D eigenvalue weighted by atomic mass is 15.3. The minimum atomic E-state index is -0.0203. The number of rotatable bonds is 4. The third-order valence-corrected chi connectivity index (χ3v) is 3.25. The maximum Gasteiger partial charge on any atom is 0.0880 e. The van der Waals surface area contributed by atoms with Gasteiger partial charge in [0.15, 0.2) is 0 Å². The van der Waals surface area contributed by atoms with Gasteiger partial charge in [0, 0.05) is 12.7 Å². The van der Waals surface area contributed by atoms with Gasteiger partial charge in [0.1, 0.15) is 0 Å². The molecule has 0 fully saturated rings. The lowest BCUT2D eigenvalue weighted by Crippen LogP contribution is -2.31. The van der Waals surface area contributed by atoms with Gasteiger partial charge in [-0.3, -0.25) is 10.5 Å². The molecule has 2 rings (SSSR count). The number of hydrazine groups is 1. The zero-order valence-corrected chi connectivity index (χ0v) is 11.1. The first-order valence-corrected chi connectivity index (χ1v) is 6.22. The Morgan fingerprint density at radius 1 is 1.33 bits per heavy atom. The molecule has 0 aliphatic rings. The van der Waals surface area contributed by atoms with Gasteiger partial charge in [0.05, 0.1) is 11.7 Å². The summed E-state index contributed by atoms with van der Waals surface area (Å²) in [6, 6.07) is 8.40. The molecule has 0 radical (unpaired) electrons. The van der Waals surface area contributed by atoms with E-state index in [0.29, 0.717) is 0 Å². The second kappa shape index (κ2) is 5.33. The van der Waals surface area contributed by atoms with Crippen LogP contribution in [0.3, 0.4) is 0 Å². The summed E-state index contributed by atoms with van der Waals surface area (Å²) in [7, 11) is 0. The Labute approximate surface area is 108 Å². The van der Waals surface area contributed by atoms with Crippen molar-refractivity contribution in [1.82, 2.24) is 15.2 Å². The Balaban J connectivity index is 2.45. The summed E-state index contributed by atoms with van der Waals surface area (Å²) in [5, 5.41) is 4.30. The topological polar surface area (TPSA) is 55.9 Å². The maximum atomic E-state index is 5.74. The summed E-state index contributed by atoms with van der Waals surface area (Å²) >= 11 is 0. The number of nitrogens with two attached hydrogens (primary N) is 1. The fourth-order valence-corrected chi connectivity index (χ4v) is 2.34. The van der Waals surface area contributed by atoms with Crippen molar-refractivity contribution in [2.24, 2.45) is 5.84 Å². The van der Waals surface area contributed by atoms with Crippen molar-refractivity contribution in [1.29, 1.82) is 0 Å². The standard InChI is InChI=1S/C14H20N4/c1-4-18-13(7-8-16-18)14(17-15)12-6-5-10(2)9-11(12)3/h5-9,14,17H,4,15H2,1-3H3. The van der Waals surface area contributed by atoms with Crippen LogP contribution in [0.25, 0.3) is 0 Å². The molecule has 4 heteroatoms. The molecule has 1 unspecified atom stereocenters. The van der Waals surface area contributed by atoms with Crippen LogP contribution in [0.5, 0.6) is 0 Å². The zero-order chi connectivity index (χ0) is 13.1. The second-order valence-electron chi connectivity index (χ2n) is 4.53. The van der Waals surface area contributed by atoms with E-state index in [1.807, 2.05) is 16.9 Å². The maximum absolute atomic E-state index is 5.74. The summed E-state index contributed by atoms with van der Waals surface area (Å²) < 4.78 is 1.96. The Hall–Kier alpha value is -1.65. The molecule has 0 aliphatic carbocycles. The predicted octanol–water partition coefficient (Wildman–Crippen LogP) is 2.07. The van der Waals surface area contributed by atoms with Crippen LogP contribution in [-0.4, -0.2) is 9.78 Å². The monoisotopic (exact) mass is 244 g/mol. The number of aryl methyl sites for hydroxylation is 3. The van der Waals surface area contributed by atoms with Crippen molar-refractivity contribution in [3.8, 4) is 0 Å². The molecular weight excluding hydrogens is 224 g/mol. The fourth-order valence-electron chi connectivity index (χ4n) is 2.34. The lowest BCUT2D eigenvalue weighted by atomic mass is 9.97. The van der Waals surface area contributed by atoms with Crippen LogP contribution >= 0.6 is 0 Å². The van der Waals surface area contributed by atoms with Crippen molar-refractivity contribution in [3.63, 3.8) is 0 Å². The number of aromatic nitrogens is 2. The van der Waals surface area contributed by atoms with Gasteiger partial charge in [-0.2, -0.15) is 5.10 Å². The quantitative estimate of drug-likeness (QED) is 0.639. The number of nitrogens with one attached hydrogen (secondary N) is 1. The minimum absolute atomic E-state index is 0.0203. The van der Waals surface area contributed by atoms with E-state index in [9.17, 15) is 0 Å². The molecule has 1 atom stereocenters. The van der Waals surface area contributed by atoms with Crippen molar-refractivity contribution >= 4 is 0 Å². The van der Waals surface area contributed by atoms with Gasteiger partial charge in [0.2, 0.25) is 0 Å². The lowest BCUT2D eigenvalue weighted by molar-refractivity contribution is 0.542. The van der Waals surface area contributed by atoms with Gasteiger partial charge in [0.25, 0.3) is 0 Å². The van der Waals surface area contributed by atoms with Crippen LogP contribution in [0.1, 0.15) is 35.3 Å². The summed E-state index contributed by atoms with van der Waals surface area (Å²) in [6.07, 6.45) is 1.81. The van der Waals surface area contributed by atoms with Crippen LogP contribution in [0.4, 0.5) is 0 Å². The number of nitrogens with zero attached hydrogens (tertiary/aromatic N) is 2. The molecule has 18 heavy (non-hydrogen) atoms. The third-order valence-electron chi connectivity index (χ3n) is 3.25. The summed E-state index contributed by atoms with van der Waals surface area (Å²) in [5.41, 5.74) is 7.68. The van der Waals surface area contributed by atoms with E-state index in [-0.39, 0.29) is 6.04 Å². The average molecular weight is 244 g/mol. The number of hydrogen-bond acceptors (Lipinski definition) is 3. The summed E-state index contributed by atoms with van der Waals surface area (Å²) in [5.74, 6) is 5.74. The van der Waals surface area contributed by atoms with Crippen LogP contribution in [0.2, 0.25) is 0 Å². The van der Waals surface area contributed by atoms with Gasteiger partial charge in [-0.1, -0.05) is 23.8 Å². The van der Waals surface area contributed by atoms with Crippen molar-refractivity contribution in [3.05, 3.63) is 52.8 Å². The van der Waals surface area contributed by atoms with E-state index in [4.69, 9.17) is 5.84 Å². The molecule has 1 aromatic heterocycles. The molecular formula is C14H20N4. The first-order chi connectivity index (χ1) is 8.67. The molecule has 3 N–H and O–H groups in total. The van der Waals surface area contributed by atoms with Gasteiger partial charge in [-0.15, -0.1) is 0 Å². The molecule has 2 aromatic rings. The van der Waals surface area contributed by atoms with E-state index >= 15 is 0 Å². The normalized spacial score (nSPS) is 12.7. The van der Waals surface area contributed by atoms with Gasteiger partial charge >= 0.3 is 0 Å². The second-order valence-corrected chi connectivity index (χ2v) is 4.53. The van der Waals surface area contributed by atoms with E-state index in [1.165, 1.54) is 16.7 Å². The highest BCUT2D eigenvalue weighted by Crippen LogP contribution is 2.24. The van der Waals surface area contributed by atoms with Crippen molar-refractivity contribution in [2.75, 3.05) is 0 Å². The van der Waals surface area contributed by atoms with E-state index in [1.54, 1.807) is 0 Å². The van der Waals surface area contributed by atoms with Gasteiger partial charge in [-0.05, 0) is 38.0 Å². The smallest absolute Gasteiger partial charge is 0.0880 e. The molecule has 96 valence electrons. The molecule has 0 saturated carbocycles. The van der Waals surface area contributed by atoms with Crippen molar-refractivity contribution in [2.45, 2.75) is 33.4 Å². The first kappa shape index (κ1) is 12.8. The Morgan fingerprint density at radius 2 is 2.11 bits per heavy atom. The molecule has 0 spiro atoms. The van der Waals surface area contributed by atoms with E-state index in [2.05, 4.69) is 49.5 Å². The Kier molecular flexibility index (Phi) is 3.79. The van der Waals surface area contributed by atoms with Gasteiger partial charge in [-0.25, -0.2) is 5.43 Å². The minimum Gasteiger partial charge on any atom is -0.271 e. The molecule has 0 aliphatic heterocycles. The highest BCUT2D eigenvalue weighted by Gasteiger charge is 2.18. The number of benzene rings is 1.